The van der Waals surface area contributed by atoms with Gasteiger partial charge in [-0.05, 0) is 37.3 Å². The van der Waals surface area contributed by atoms with Crippen LogP contribution in [0.25, 0.3) is 0 Å². The Balaban J connectivity index is 2.79. The predicted molar refractivity (Wildman–Crippen MR) is 54.8 cm³/mol. The van der Waals surface area contributed by atoms with Gasteiger partial charge < -0.3 is 10.1 Å². The van der Waals surface area contributed by atoms with Crippen LogP contribution in [0.4, 0.5) is 0 Å². The molecule has 0 radical (unpaired) electrons. The summed E-state index contributed by atoms with van der Waals surface area (Å²) >= 11 is 0. The van der Waals surface area contributed by atoms with Crippen LogP contribution in [0.1, 0.15) is 30.8 Å². The average Bonchev–Trinajstić information content (AvgIpc) is 2.30. The van der Waals surface area contributed by atoms with Crippen molar-refractivity contribution in [1.29, 1.82) is 0 Å². The second-order valence-corrected chi connectivity index (χ2v) is 4.60. The Kier molecular flexibility index (Phi) is 2.81. The summed E-state index contributed by atoms with van der Waals surface area (Å²) in [6.07, 6.45) is 0.930. The third-order valence-electron chi connectivity index (χ3n) is 2.35. The Hall–Kier alpha value is -0.760. The van der Waals surface area contributed by atoms with Crippen LogP contribution in [0.3, 0.4) is 0 Å². The summed E-state index contributed by atoms with van der Waals surface area (Å²) in [4.78, 5) is 3.27. The maximum absolute atomic E-state index is 9.14. The van der Waals surface area contributed by atoms with Crippen molar-refractivity contribution in [2.45, 2.75) is 34.1 Å². The maximum Gasteiger partial charge on any atom is 0.0485 e. The van der Waals surface area contributed by atoms with Crippen LogP contribution in [0.15, 0.2) is 6.07 Å². The molecule has 0 aliphatic carbocycles. The lowest BCUT2D eigenvalue weighted by Gasteiger charge is -2.21. The fraction of sp³-hybridized carbons (Fsp3) is 0.636. The Morgan fingerprint density at radius 3 is 2.38 bits per heavy atom. The Bertz CT molecular complexity index is 286. The SMILES string of the molecule is Cc1cc(CC(C)(C)CO)c(C)[nH]1. The first-order valence-corrected chi connectivity index (χ1v) is 4.70. The van der Waals surface area contributed by atoms with Gasteiger partial charge in [0.25, 0.3) is 0 Å². The van der Waals surface area contributed by atoms with Crippen LogP contribution >= 0.6 is 0 Å². The highest BCUT2D eigenvalue weighted by atomic mass is 16.3. The molecule has 13 heavy (non-hydrogen) atoms. The van der Waals surface area contributed by atoms with E-state index in [1.807, 2.05) is 0 Å². The first-order chi connectivity index (χ1) is 5.94. The molecule has 1 aromatic rings. The standard InChI is InChI=1S/C11H19NO/c1-8-5-10(9(2)12-8)6-11(3,4)7-13/h5,12-13H,6-7H2,1-4H3. The fourth-order valence-electron chi connectivity index (χ4n) is 1.54. The van der Waals surface area contributed by atoms with E-state index in [2.05, 4.69) is 38.7 Å². The van der Waals surface area contributed by atoms with E-state index in [1.54, 1.807) is 0 Å². The molecule has 0 aromatic carbocycles. The minimum absolute atomic E-state index is 0.0145. The van der Waals surface area contributed by atoms with Crippen LogP contribution < -0.4 is 0 Å². The summed E-state index contributed by atoms with van der Waals surface area (Å²) in [5.74, 6) is 0. The van der Waals surface area contributed by atoms with Gasteiger partial charge in [-0.15, -0.1) is 0 Å². The number of aliphatic hydroxyl groups is 1. The third-order valence-corrected chi connectivity index (χ3v) is 2.35. The first-order valence-electron chi connectivity index (χ1n) is 4.70. The van der Waals surface area contributed by atoms with Gasteiger partial charge in [0.1, 0.15) is 0 Å². The van der Waals surface area contributed by atoms with Gasteiger partial charge in [0.2, 0.25) is 0 Å². The van der Waals surface area contributed by atoms with Crippen molar-refractivity contribution >= 4 is 0 Å². The quantitative estimate of drug-likeness (QED) is 0.736. The van der Waals surface area contributed by atoms with E-state index in [0.29, 0.717) is 0 Å². The minimum atomic E-state index is -0.0145. The molecule has 0 bridgehead atoms. The zero-order valence-electron chi connectivity index (χ0n) is 8.94. The summed E-state index contributed by atoms with van der Waals surface area (Å²) in [7, 11) is 0. The van der Waals surface area contributed by atoms with Gasteiger partial charge in [-0.3, -0.25) is 0 Å². The van der Waals surface area contributed by atoms with Gasteiger partial charge in [-0.25, -0.2) is 0 Å². The van der Waals surface area contributed by atoms with E-state index in [-0.39, 0.29) is 12.0 Å². The molecule has 0 atom stereocenters. The normalized spacial score (nSPS) is 12.1. The van der Waals surface area contributed by atoms with Crippen LogP contribution in [0.5, 0.6) is 0 Å². The zero-order valence-corrected chi connectivity index (χ0v) is 8.94. The first kappa shape index (κ1) is 10.3. The lowest BCUT2D eigenvalue weighted by Crippen LogP contribution is -2.19. The van der Waals surface area contributed by atoms with Crippen LogP contribution in [0, 0.1) is 19.3 Å². The molecule has 74 valence electrons. The van der Waals surface area contributed by atoms with Crippen molar-refractivity contribution in [3.05, 3.63) is 23.0 Å². The van der Waals surface area contributed by atoms with Gasteiger partial charge >= 0.3 is 0 Å². The molecule has 0 saturated heterocycles. The molecule has 0 unspecified atom stereocenters. The molecule has 0 saturated carbocycles. The molecule has 1 heterocycles. The molecular weight excluding hydrogens is 162 g/mol. The average molecular weight is 181 g/mol. The minimum Gasteiger partial charge on any atom is -0.396 e. The molecular formula is C11H19NO. The van der Waals surface area contributed by atoms with Crippen molar-refractivity contribution in [1.82, 2.24) is 4.98 Å². The number of hydrogen-bond acceptors (Lipinski definition) is 1. The molecule has 2 nitrogen and oxygen atoms in total. The molecule has 1 aromatic heterocycles. The summed E-state index contributed by atoms with van der Waals surface area (Å²) in [5, 5.41) is 9.14. The molecule has 0 amide bonds. The highest BCUT2D eigenvalue weighted by Crippen LogP contribution is 2.23. The van der Waals surface area contributed by atoms with E-state index >= 15 is 0 Å². The number of rotatable bonds is 3. The molecule has 2 N–H and O–H groups in total. The summed E-state index contributed by atoms with van der Waals surface area (Å²) < 4.78 is 0. The van der Waals surface area contributed by atoms with E-state index in [1.165, 1.54) is 17.0 Å². The molecule has 0 aliphatic heterocycles. The van der Waals surface area contributed by atoms with E-state index in [4.69, 9.17) is 5.11 Å². The highest BCUT2D eigenvalue weighted by Gasteiger charge is 2.18. The topological polar surface area (TPSA) is 36.0 Å². The van der Waals surface area contributed by atoms with Crippen molar-refractivity contribution in [2.24, 2.45) is 5.41 Å². The Morgan fingerprint density at radius 1 is 1.38 bits per heavy atom. The number of aromatic amines is 1. The van der Waals surface area contributed by atoms with E-state index < -0.39 is 0 Å². The van der Waals surface area contributed by atoms with Crippen molar-refractivity contribution in [2.75, 3.05) is 6.61 Å². The third kappa shape index (κ3) is 2.59. The monoisotopic (exact) mass is 181 g/mol. The van der Waals surface area contributed by atoms with Gasteiger partial charge in [0, 0.05) is 18.0 Å². The molecule has 0 fully saturated rings. The number of hydrogen-bond donors (Lipinski definition) is 2. The summed E-state index contributed by atoms with van der Waals surface area (Å²) in [6, 6.07) is 2.16. The van der Waals surface area contributed by atoms with Crippen LogP contribution in [-0.4, -0.2) is 16.7 Å². The lowest BCUT2D eigenvalue weighted by molar-refractivity contribution is 0.159. The smallest absolute Gasteiger partial charge is 0.0485 e. The van der Waals surface area contributed by atoms with Crippen molar-refractivity contribution in [3.8, 4) is 0 Å². The number of H-pyrrole nitrogens is 1. The second kappa shape index (κ2) is 3.54. The van der Waals surface area contributed by atoms with E-state index in [0.717, 1.165) is 6.42 Å². The van der Waals surface area contributed by atoms with Gasteiger partial charge in [-0.1, -0.05) is 13.8 Å². The Morgan fingerprint density at radius 2 is 2.00 bits per heavy atom. The summed E-state index contributed by atoms with van der Waals surface area (Å²) in [6.45, 7) is 8.53. The molecule has 0 aliphatic rings. The molecule has 2 heteroatoms. The van der Waals surface area contributed by atoms with Gasteiger partial charge in [0.05, 0.1) is 0 Å². The highest BCUT2D eigenvalue weighted by molar-refractivity contribution is 5.25. The predicted octanol–water partition coefficient (Wildman–Crippen LogP) is 2.19. The van der Waals surface area contributed by atoms with Crippen molar-refractivity contribution in [3.63, 3.8) is 0 Å². The number of aliphatic hydroxyl groups excluding tert-OH is 1. The number of aromatic nitrogens is 1. The van der Waals surface area contributed by atoms with E-state index in [9.17, 15) is 0 Å². The maximum atomic E-state index is 9.14. The Labute approximate surface area is 80.0 Å². The number of aryl methyl sites for hydroxylation is 2. The number of nitrogens with one attached hydrogen (secondary N) is 1. The van der Waals surface area contributed by atoms with Crippen LogP contribution in [0.2, 0.25) is 0 Å². The van der Waals surface area contributed by atoms with Crippen molar-refractivity contribution < 1.29 is 5.11 Å². The zero-order chi connectivity index (χ0) is 10.1. The molecule has 1 rings (SSSR count). The largest absolute Gasteiger partial charge is 0.396 e. The van der Waals surface area contributed by atoms with Crippen LogP contribution in [-0.2, 0) is 6.42 Å². The van der Waals surface area contributed by atoms with Gasteiger partial charge in [-0.2, -0.15) is 0 Å². The lowest BCUT2D eigenvalue weighted by atomic mass is 9.87. The second-order valence-electron chi connectivity index (χ2n) is 4.60. The fourth-order valence-corrected chi connectivity index (χ4v) is 1.54. The van der Waals surface area contributed by atoms with Gasteiger partial charge in [0.15, 0.2) is 0 Å². The molecule has 0 spiro atoms. The summed E-state index contributed by atoms with van der Waals surface area (Å²) in [5.41, 5.74) is 3.72.